The van der Waals surface area contributed by atoms with Gasteiger partial charge in [0.1, 0.15) is 5.75 Å². The highest BCUT2D eigenvalue weighted by atomic mass is 28.4. The van der Waals surface area contributed by atoms with E-state index in [4.69, 9.17) is 13.9 Å². The van der Waals surface area contributed by atoms with Gasteiger partial charge in [-0.2, -0.15) is 0 Å². The SMILES string of the molecule is COC(=O)c1ccc(OC2CCC(O[Si](C(C)C)(C(C)C)C(C)C)CC2)cc1. The zero-order valence-corrected chi connectivity index (χ0v) is 19.7. The molecule has 0 bridgehead atoms. The predicted molar refractivity (Wildman–Crippen MR) is 117 cm³/mol. The Hall–Kier alpha value is -1.33. The molecule has 0 radical (unpaired) electrons. The number of hydrogen-bond acceptors (Lipinski definition) is 4. The van der Waals surface area contributed by atoms with E-state index in [0.717, 1.165) is 31.4 Å². The van der Waals surface area contributed by atoms with Crippen LogP contribution < -0.4 is 4.74 Å². The minimum atomic E-state index is -1.82. The second-order valence-electron chi connectivity index (χ2n) is 8.97. The molecule has 0 heterocycles. The van der Waals surface area contributed by atoms with Crippen LogP contribution in [-0.4, -0.2) is 33.6 Å². The quantitative estimate of drug-likeness (QED) is 0.372. The van der Waals surface area contributed by atoms with Gasteiger partial charge < -0.3 is 13.9 Å². The first-order valence-electron chi connectivity index (χ1n) is 10.7. The van der Waals surface area contributed by atoms with Gasteiger partial charge in [0.05, 0.1) is 18.8 Å². The Kier molecular flexibility index (Phi) is 8.14. The highest BCUT2D eigenvalue weighted by Crippen LogP contribution is 2.44. The number of carbonyl (C=O) groups is 1. The minimum Gasteiger partial charge on any atom is -0.490 e. The summed E-state index contributed by atoms with van der Waals surface area (Å²) in [6.45, 7) is 14.1. The number of ether oxygens (including phenoxy) is 2. The Bertz CT molecular complexity index is 594. The molecule has 1 aliphatic carbocycles. The lowest BCUT2D eigenvalue weighted by molar-refractivity contribution is 0.0600. The highest BCUT2D eigenvalue weighted by Gasteiger charge is 2.46. The Morgan fingerprint density at radius 3 is 1.75 bits per heavy atom. The van der Waals surface area contributed by atoms with Crippen molar-refractivity contribution in [3.63, 3.8) is 0 Å². The molecule has 5 heteroatoms. The van der Waals surface area contributed by atoms with E-state index in [9.17, 15) is 4.79 Å². The Labute approximate surface area is 172 Å². The summed E-state index contributed by atoms with van der Waals surface area (Å²) in [6, 6.07) is 7.21. The molecular formula is C23H38O4Si. The Morgan fingerprint density at radius 2 is 1.32 bits per heavy atom. The average molecular weight is 407 g/mol. The van der Waals surface area contributed by atoms with Crippen LogP contribution in [0.5, 0.6) is 5.75 Å². The first-order chi connectivity index (χ1) is 13.2. The van der Waals surface area contributed by atoms with Gasteiger partial charge in [-0.15, -0.1) is 0 Å². The molecule has 1 saturated carbocycles. The fourth-order valence-electron chi connectivity index (χ4n) is 4.94. The normalized spacial score (nSPS) is 20.6. The van der Waals surface area contributed by atoms with Gasteiger partial charge in [-0.25, -0.2) is 4.79 Å². The Balaban J connectivity index is 1.92. The summed E-state index contributed by atoms with van der Waals surface area (Å²) in [6.07, 6.45) is 4.74. The number of methoxy groups -OCH3 is 1. The summed E-state index contributed by atoms with van der Waals surface area (Å²) in [5.74, 6) is 0.490. The molecule has 0 saturated heterocycles. The topological polar surface area (TPSA) is 44.8 Å². The number of carbonyl (C=O) groups excluding carboxylic acids is 1. The van der Waals surface area contributed by atoms with Crippen LogP contribution in [0.1, 0.15) is 77.6 Å². The molecule has 0 aliphatic heterocycles. The largest absolute Gasteiger partial charge is 0.490 e. The van der Waals surface area contributed by atoms with Gasteiger partial charge in [0.15, 0.2) is 0 Å². The monoisotopic (exact) mass is 406 g/mol. The molecule has 158 valence electrons. The van der Waals surface area contributed by atoms with E-state index in [-0.39, 0.29) is 12.1 Å². The van der Waals surface area contributed by atoms with Crippen molar-refractivity contribution in [2.45, 2.75) is 96.1 Å². The first-order valence-corrected chi connectivity index (χ1v) is 12.9. The molecule has 1 aromatic rings. The summed E-state index contributed by atoms with van der Waals surface area (Å²) >= 11 is 0. The summed E-state index contributed by atoms with van der Waals surface area (Å²) < 4.78 is 17.8. The molecule has 0 atom stereocenters. The van der Waals surface area contributed by atoms with Gasteiger partial charge in [-0.3, -0.25) is 0 Å². The van der Waals surface area contributed by atoms with Crippen LogP contribution in [0.4, 0.5) is 0 Å². The predicted octanol–water partition coefficient (Wildman–Crippen LogP) is 6.36. The smallest absolute Gasteiger partial charge is 0.337 e. The molecule has 2 rings (SSSR count). The summed E-state index contributed by atoms with van der Waals surface area (Å²) in [4.78, 5) is 11.5. The van der Waals surface area contributed by atoms with Gasteiger partial charge in [-0.05, 0) is 66.6 Å². The summed E-state index contributed by atoms with van der Waals surface area (Å²) in [5.41, 5.74) is 2.41. The lowest BCUT2D eigenvalue weighted by Gasteiger charge is -2.46. The molecular weight excluding hydrogens is 368 g/mol. The highest BCUT2D eigenvalue weighted by molar-refractivity contribution is 6.77. The molecule has 1 fully saturated rings. The molecule has 28 heavy (non-hydrogen) atoms. The van der Waals surface area contributed by atoms with Crippen molar-refractivity contribution in [2.75, 3.05) is 7.11 Å². The molecule has 0 spiro atoms. The van der Waals surface area contributed by atoms with Crippen molar-refractivity contribution in [1.29, 1.82) is 0 Å². The number of esters is 1. The second kappa shape index (κ2) is 9.93. The number of benzene rings is 1. The van der Waals surface area contributed by atoms with Gasteiger partial charge in [0, 0.05) is 6.10 Å². The van der Waals surface area contributed by atoms with Crippen LogP contribution in [0, 0.1) is 0 Å². The van der Waals surface area contributed by atoms with E-state index in [1.807, 2.05) is 12.1 Å². The number of rotatable bonds is 8. The van der Waals surface area contributed by atoms with Gasteiger partial charge in [-0.1, -0.05) is 41.5 Å². The maximum absolute atomic E-state index is 11.5. The van der Waals surface area contributed by atoms with Crippen LogP contribution in [0.2, 0.25) is 16.6 Å². The fourth-order valence-corrected chi connectivity index (χ4v) is 10.6. The van der Waals surface area contributed by atoms with Crippen LogP contribution in [0.25, 0.3) is 0 Å². The van der Waals surface area contributed by atoms with Crippen LogP contribution in [-0.2, 0) is 9.16 Å². The van der Waals surface area contributed by atoms with Gasteiger partial charge in [0.2, 0.25) is 8.32 Å². The third-order valence-electron chi connectivity index (χ3n) is 6.28. The van der Waals surface area contributed by atoms with Gasteiger partial charge in [0.25, 0.3) is 0 Å². The Morgan fingerprint density at radius 1 is 0.857 bits per heavy atom. The fraction of sp³-hybridized carbons (Fsp3) is 0.696. The van der Waals surface area contributed by atoms with Crippen molar-refractivity contribution >= 4 is 14.3 Å². The zero-order valence-electron chi connectivity index (χ0n) is 18.7. The molecule has 0 unspecified atom stereocenters. The van der Waals surface area contributed by atoms with E-state index >= 15 is 0 Å². The minimum absolute atomic E-state index is 0.219. The maximum atomic E-state index is 11.5. The number of hydrogen-bond donors (Lipinski definition) is 0. The van der Waals surface area contributed by atoms with Crippen molar-refractivity contribution in [2.24, 2.45) is 0 Å². The van der Waals surface area contributed by atoms with Crippen LogP contribution in [0.15, 0.2) is 24.3 Å². The lowest BCUT2D eigenvalue weighted by atomic mass is 9.95. The maximum Gasteiger partial charge on any atom is 0.337 e. The molecule has 0 amide bonds. The van der Waals surface area contributed by atoms with Crippen LogP contribution in [0.3, 0.4) is 0 Å². The van der Waals surface area contributed by atoms with Crippen molar-refractivity contribution in [1.82, 2.24) is 0 Å². The van der Waals surface area contributed by atoms with Crippen molar-refractivity contribution < 1.29 is 18.7 Å². The third kappa shape index (κ3) is 5.18. The van der Waals surface area contributed by atoms with Crippen molar-refractivity contribution in [3.8, 4) is 5.75 Å². The average Bonchev–Trinajstić information content (AvgIpc) is 2.66. The van der Waals surface area contributed by atoms with Crippen molar-refractivity contribution in [3.05, 3.63) is 29.8 Å². The lowest BCUT2D eigenvalue weighted by Crippen LogP contribution is -2.51. The third-order valence-corrected chi connectivity index (χ3v) is 12.4. The van der Waals surface area contributed by atoms with E-state index < -0.39 is 8.32 Å². The second-order valence-corrected chi connectivity index (χ2v) is 14.4. The van der Waals surface area contributed by atoms with E-state index in [0.29, 0.717) is 28.3 Å². The first kappa shape index (κ1) is 23.0. The summed E-state index contributed by atoms with van der Waals surface area (Å²) in [7, 11) is -0.425. The van der Waals surface area contributed by atoms with Gasteiger partial charge >= 0.3 is 5.97 Å². The molecule has 1 aliphatic rings. The standard InChI is InChI=1S/C23H38O4Si/c1-16(2)28(17(3)4,18(5)6)27-22-14-12-21(13-15-22)26-20-10-8-19(9-11-20)23(24)25-7/h8-11,16-18,21-22H,12-15H2,1-7H3. The summed E-state index contributed by atoms with van der Waals surface area (Å²) in [5, 5.41) is 0. The van der Waals surface area contributed by atoms with E-state index in [1.54, 1.807) is 12.1 Å². The van der Waals surface area contributed by atoms with Crippen LogP contribution >= 0.6 is 0 Å². The van der Waals surface area contributed by atoms with E-state index in [1.165, 1.54) is 7.11 Å². The molecule has 0 N–H and O–H groups in total. The zero-order chi connectivity index (χ0) is 20.9. The molecule has 1 aromatic carbocycles. The molecule has 4 nitrogen and oxygen atoms in total. The molecule has 0 aromatic heterocycles. The van der Waals surface area contributed by atoms with E-state index in [2.05, 4.69) is 41.5 Å².